The van der Waals surface area contributed by atoms with Gasteiger partial charge in [-0.15, -0.1) is 0 Å². The van der Waals surface area contributed by atoms with Crippen molar-refractivity contribution in [2.24, 2.45) is 0 Å². The Labute approximate surface area is 128 Å². The largest absolute Gasteiger partial charge is 0.417 e. The van der Waals surface area contributed by atoms with Gasteiger partial charge in [-0.1, -0.05) is 36.4 Å². The third-order valence-electron chi connectivity index (χ3n) is 2.89. The van der Waals surface area contributed by atoms with E-state index in [1.807, 2.05) is 6.07 Å². The van der Waals surface area contributed by atoms with E-state index in [4.69, 9.17) is 14.9 Å². The van der Waals surface area contributed by atoms with Crippen molar-refractivity contribution in [3.8, 4) is 5.75 Å². The van der Waals surface area contributed by atoms with Gasteiger partial charge in [-0.05, 0) is 35.4 Å². The second-order valence-corrected chi connectivity index (χ2v) is 4.49. The van der Waals surface area contributed by atoms with Gasteiger partial charge < -0.3 is 14.9 Å². The monoisotopic (exact) mass is 299 g/mol. The van der Waals surface area contributed by atoms with Crippen LogP contribution in [0.5, 0.6) is 5.75 Å². The lowest BCUT2D eigenvalue weighted by Gasteiger charge is -2.10. The number of aliphatic hydroxyl groups is 2. The number of rotatable bonds is 5. The second kappa shape index (κ2) is 7.97. The maximum Gasteiger partial charge on any atom is 0.417 e. The van der Waals surface area contributed by atoms with E-state index in [-0.39, 0.29) is 13.2 Å². The van der Waals surface area contributed by atoms with Crippen LogP contribution in [0.3, 0.4) is 0 Å². The molecule has 2 aromatic rings. The zero-order valence-corrected chi connectivity index (χ0v) is 11.9. The van der Waals surface area contributed by atoms with Crippen molar-refractivity contribution in [1.82, 2.24) is 0 Å². The summed E-state index contributed by atoms with van der Waals surface area (Å²) in [5.41, 5.74) is 1.91. The van der Waals surface area contributed by atoms with E-state index in [9.17, 15) is 4.79 Å². The van der Waals surface area contributed by atoms with Crippen LogP contribution in [-0.4, -0.2) is 22.9 Å². The normalized spacial score (nSPS) is 10.6. The van der Waals surface area contributed by atoms with E-state index in [1.165, 1.54) is 0 Å². The number of carbonyl (C=O) groups is 1. The Hall–Kier alpha value is -2.63. The topological polar surface area (TPSA) is 78.8 Å². The quantitative estimate of drug-likeness (QED) is 0.793. The average Bonchev–Trinajstić information content (AvgIpc) is 2.54. The minimum absolute atomic E-state index is 0.102. The van der Waals surface area contributed by atoms with E-state index in [2.05, 4.69) is 5.32 Å². The van der Waals surface area contributed by atoms with Crippen LogP contribution in [0.25, 0.3) is 6.08 Å². The molecule has 0 fully saturated rings. The molecule has 0 saturated carbocycles. The van der Waals surface area contributed by atoms with Crippen LogP contribution in [0.2, 0.25) is 0 Å². The van der Waals surface area contributed by atoms with Crippen LogP contribution in [0.4, 0.5) is 10.5 Å². The van der Waals surface area contributed by atoms with E-state index in [1.54, 1.807) is 54.6 Å². The molecule has 0 radical (unpaired) electrons. The van der Waals surface area contributed by atoms with Gasteiger partial charge in [0.15, 0.2) is 0 Å². The number of aliphatic hydroxyl groups excluding tert-OH is 2. The molecule has 0 aliphatic rings. The number of hydrogen-bond donors (Lipinski definition) is 3. The highest BCUT2D eigenvalue weighted by Crippen LogP contribution is 2.20. The van der Waals surface area contributed by atoms with Crippen LogP contribution in [-0.2, 0) is 6.61 Å². The molecule has 0 aliphatic heterocycles. The number of para-hydroxylation sites is 1. The van der Waals surface area contributed by atoms with Gasteiger partial charge in [0, 0.05) is 0 Å². The smallest absolute Gasteiger partial charge is 0.410 e. The Balaban J connectivity index is 2.14. The molecule has 5 heteroatoms. The zero-order valence-electron chi connectivity index (χ0n) is 11.9. The average molecular weight is 299 g/mol. The van der Waals surface area contributed by atoms with E-state index in [0.29, 0.717) is 22.6 Å². The summed E-state index contributed by atoms with van der Waals surface area (Å²) in [6, 6.07) is 13.8. The first kappa shape index (κ1) is 15.8. The predicted octanol–water partition coefficient (Wildman–Crippen LogP) is 2.80. The Morgan fingerprint density at radius 2 is 1.91 bits per heavy atom. The lowest BCUT2D eigenvalue weighted by molar-refractivity contribution is 0.215. The fraction of sp³-hybridized carbons (Fsp3) is 0.118. The molecular formula is C17H17NO4. The Bertz CT molecular complexity index is 653. The van der Waals surface area contributed by atoms with Crippen LogP contribution >= 0.6 is 0 Å². The number of nitrogens with one attached hydrogen (secondary N) is 1. The molecule has 0 heterocycles. The summed E-state index contributed by atoms with van der Waals surface area (Å²) in [5.74, 6) is 0.444. The van der Waals surface area contributed by atoms with Gasteiger partial charge in [0.1, 0.15) is 5.75 Å². The van der Waals surface area contributed by atoms with Crippen molar-refractivity contribution in [1.29, 1.82) is 0 Å². The molecule has 5 nitrogen and oxygen atoms in total. The van der Waals surface area contributed by atoms with Crippen molar-refractivity contribution in [3.05, 3.63) is 65.7 Å². The first-order valence-electron chi connectivity index (χ1n) is 6.78. The van der Waals surface area contributed by atoms with E-state index < -0.39 is 6.09 Å². The molecular weight excluding hydrogens is 282 g/mol. The Morgan fingerprint density at radius 3 is 2.59 bits per heavy atom. The van der Waals surface area contributed by atoms with Crippen molar-refractivity contribution >= 4 is 17.9 Å². The molecule has 114 valence electrons. The molecule has 22 heavy (non-hydrogen) atoms. The second-order valence-electron chi connectivity index (χ2n) is 4.49. The van der Waals surface area contributed by atoms with Crippen molar-refractivity contribution < 1.29 is 19.7 Å². The first-order valence-corrected chi connectivity index (χ1v) is 6.78. The SMILES string of the molecule is O=C(Nc1ccc(CO)cc1/C=C/CO)Oc1ccccc1. The van der Waals surface area contributed by atoms with E-state index in [0.717, 1.165) is 0 Å². The number of hydrogen-bond acceptors (Lipinski definition) is 4. The Morgan fingerprint density at radius 1 is 1.14 bits per heavy atom. The molecule has 0 spiro atoms. The van der Waals surface area contributed by atoms with Gasteiger partial charge in [-0.25, -0.2) is 4.79 Å². The predicted molar refractivity (Wildman–Crippen MR) is 84.6 cm³/mol. The van der Waals surface area contributed by atoms with Gasteiger partial charge in [0.05, 0.1) is 18.9 Å². The molecule has 0 unspecified atom stereocenters. The molecule has 2 aromatic carbocycles. The summed E-state index contributed by atoms with van der Waals surface area (Å²) in [7, 11) is 0. The van der Waals surface area contributed by atoms with Gasteiger partial charge >= 0.3 is 6.09 Å². The van der Waals surface area contributed by atoms with Crippen molar-refractivity contribution in [3.63, 3.8) is 0 Å². The summed E-state index contributed by atoms with van der Waals surface area (Å²) >= 11 is 0. The number of carbonyl (C=O) groups excluding carboxylic acids is 1. The van der Waals surface area contributed by atoms with Crippen LogP contribution in [0.1, 0.15) is 11.1 Å². The summed E-state index contributed by atoms with van der Waals surface area (Å²) in [6.07, 6.45) is 2.60. The highest BCUT2D eigenvalue weighted by molar-refractivity contribution is 5.89. The fourth-order valence-electron chi connectivity index (χ4n) is 1.87. The van der Waals surface area contributed by atoms with Crippen LogP contribution in [0.15, 0.2) is 54.6 Å². The number of benzene rings is 2. The molecule has 2 rings (SSSR count). The minimum atomic E-state index is -0.610. The van der Waals surface area contributed by atoms with Gasteiger partial charge in [0.2, 0.25) is 0 Å². The zero-order chi connectivity index (χ0) is 15.8. The highest BCUT2D eigenvalue weighted by Gasteiger charge is 2.08. The number of ether oxygens (including phenoxy) is 1. The summed E-state index contributed by atoms with van der Waals surface area (Å²) in [5, 5.41) is 20.7. The molecule has 0 saturated heterocycles. The number of amides is 1. The fourth-order valence-corrected chi connectivity index (χ4v) is 1.87. The highest BCUT2D eigenvalue weighted by atomic mass is 16.6. The molecule has 1 amide bonds. The van der Waals surface area contributed by atoms with Crippen molar-refractivity contribution in [2.45, 2.75) is 6.61 Å². The summed E-state index contributed by atoms with van der Waals surface area (Å²) in [6.45, 7) is -0.216. The Kier molecular flexibility index (Phi) is 5.71. The third-order valence-corrected chi connectivity index (χ3v) is 2.89. The third kappa shape index (κ3) is 4.44. The van der Waals surface area contributed by atoms with Crippen molar-refractivity contribution in [2.75, 3.05) is 11.9 Å². The standard InChI is InChI=1S/C17H17NO4/c19-10-4-5-14-11-13(12-20)8-9-16(14)18-17(21)22-15-6-2-1-3-7-15/h1-9,11,19-20H,10,12H2,(H,18,21)/b5-4+. The minimum Gasteiger partial charge on any atom is -0.410 e. The molecule has 0 atom stereocenters. The lowest BCUT2D eigenvalue weighted by Crippen LogP contribution is -2.17. The number of anilines is 1. The van der Waals surface area contributed by atoms with Crippen LogP contribution < -0.4 is 10.1 Å². The molecule has 0 bridgehead atoms. The molecule has 0 aliphatic carbocycles. The molecule has 3 N–H and O–H groups in total. The van der Waals surface area contributed by atoms with Gasteiger partial charge in [-0.3, -0.25) is 5.32 Å². The lowest BCUT2D eigenvalue weighted by atomic mass is 10.1. The summed E-state index contributed by atoms with van der Waals surface area (Å²) < 4.78 is 5.16. The van der Waals surface area contributed by atoms with Gasteiger partial charge in [-0.2, -0.15) is 0 Å². The van der Waals surface area contributed by atoms with E-state index >= 15 is 0 Å². The first-order chi connectivity index (χ1) is 10.7. The maximum atomic E-state index is 11.9. The summed E-state index contributed by atoms with van der Waals surface area (Å²) in [4.78, 5) is 11.9. The van der Waals surface area contributed by atoms with Gasteiger partial charge in [0.25, 0.3) is 0 Å². The van der Waals surface area contributed by atoms with Crippen LogP contribution in [0, 0.1) is 0 Å². The maximum absolute atomic E-state index is 11.9. The molecule has 0 aromatic heterocycles.